The lowest BCUT2D eigenvalue weighted by Crippen LogP contribution is -2.54. The van der Waals surface area contributed by atoms with Gasteiger partial charge in [-0.3, -0.25) is 14.9 Å². The fourth-order valence-corrected chi connectivity index (χ4v) is 3.90. The third-order valence-corrected chi connectivity index (χ3v) is 6.04. The van der Waals surface area contributed by atoms with Crippen LogP contribution < -0.4 is 15.0 Å². The molecule has 1 N–H and O–H groups in total. The second kappa shape index (κ2) is 9.61. The number of ether oxygens (including phenoxy) is 1. The van der Waals surface area contributed by atoms with Crippen LogP contribution in [-0.4, -0.2) is 17.8 Å². The van der Waals surface area contributed by atoms with Crippen molar-refractivity contribution in [1.29, 1.82) is 0 Å². The first-order valence-corrected chi connectivity index (χ1v) is 11.2. The predicted octanol–water partition coefficient (Wildman–Crippen LogP) is 5.45. The molecule has 0 aliphatic carbocycles. The summed E-state index contributed by atoms with van der Waals surface area (Å²) in [6, 6.07) is 15.5. The molecular formula is C26H20BrFN2O4. The van der Waals surface area contributed by atoms with Crippen LogP contribution in [0.15, 0.2) is 70.7 Å². The lowest BCUT2D eigenvalue weighted by Gasteiger charge is -2.26. The maximum absolute atomic E-state index is 13.1. The zero-order chi connectivity index (χ0) is 24.4. The van der Waals surface area contributed by atoms with Crippen molar-refractivity contribution >= 4 is 45.5 Å². The Labute approximate surface area is 204 Å². The van der Waals surface area contributed by atoms with Gasteiger partial charge in [-0.2, -0.15) is 0 Å². The minimum Gasteiger partial charge on any atom is -0.488 e. The van der Waals surface area contributed by atoms with Crippen molar-refractivity contribution in [2.75, 3.05) is 4.90 Å². The number of nitrogens with zero attached hydrogens (tertiary/aromatic N) is 1. The van der Waals surface area contributed by atoms with E-state index in [-0.39, 0.29) is 18.0 Å². The van der Waals surface area contributed by atoms with Crippen LogP contribution in [0.4, 0.5) is 14.9 Å². The third-order valence-electron chi connectivity index (χ3n) is 5.42. The van der Waals surface area contributed by atoms with Crippen LogP contribution in [0.5, 0.6) is 5.75 Å². The van der Waals surface area contributed by atoms with E-state index in [2.05, 4.69) is 21.2 Å². The summed E-state index contributed by atoms with van der Waals surface area (Å²) in [7, 11) is 0. The zero-order valence-corrected chi connectivity index (χ0v) is 20.0. The van der Waals surface area contributed by atoms with Gasteiger partial charge in [0.05, 0.1) is 10.2 Å². The Morgan fingerprint density at radius 1 is 0.971 bits per heavy atom. The van der Waals surface area contributed by atoms with Gasteiger partial charge in [0.15, 0.2) is 0 Å². The summed E-state index contributed by atoms with van der Waals surface area (Å²) in [5, 5.41) is 2.23. The van der Waals surface area contributed by atoms with Crippen LogP contribution in [0.25, 0.3) is 6.08 Å². The maximum atomic E-state index is 13.1. The molecule has 3 aromatic carbocycles. The van der Waals surface area contributed by atoms with E-state index in [9.17, 15) is 18.8 Å². The number of urea groups is 1. The fraction of sp³-hybridized carbons (Fsp3) is 0.115. The van der Waals surface area contributed by atoms with E-state index in [4.69, 9.17) is 4.74 Å². The first-order valence-electron chi connectivity index (χ1n) is 10.4. The number of hydrogen-bond donors (Lipinski definition) is 1. The van der Waals surface area contributed by atoms with Crippen LogP contribution in [0.2, 0.25) is 0 Å². The molecule has 1 aliphatic heterocycles. The Balaban J connectivity index is 1.56. The smallest absolute Gasteiger partial charge is 0.335 e. The summed E-state index contributed by atoms with van der Waals surface area (Å²) in [4.78, 5) is 38.9. The third kappa shape index (κ3) is 4.92. The van der Waals surface area contributed by atoms with Crippen molar-refractivity contribution in [3.63, 3.8) is 0 Å². The standard InChI is InChI=1S/C26H20BrFN2O4/c1-15-3-9-20(11-16(15)2)30-25(32)21(24(31)29-26(30)33)12-18-6-10-23(22(27)13-18)34-14-17-4-7-19(28)8-5-17/h3-13H,14H2,1-2H3,(H,29,31,33)/b21-12+. The van der Waals surface area contributed by atoms with Crippen molar-refractivity contribution in [2.45, 2.75) is 20.5 Å². The van der Waals surface area contributed by atoms with Crippen LogP contribution in [0.1, 0.15) is 22.3 Å². The van der Waals surface area contributed by atoms with Gasteiger partial charge < -0.3 is 4.74 Å². The van der Waals surface area contributed by atoms with Gasteiger partial charge in [0, 0.05) is 0 Å². The summed E-state index contributed by atoms with van der Waals surface area (Å²) in [6.07, 6.45) is 1.42. The molecule has 1 aliphatic rings. The first kappa shape index (κ1) is 23.4. The number of carbonyl (C=O) groups is 3. The van der Waals surface area contributed by atoms with Crippen molar-refractivity contribution < 1.29 is 23.5 Å². The van der Waals surface area contributed by atoms with Crippen molar-refractivity contribution in [3.8, 4) is 5.75 Å². The van der Waals surface area contributed by atoms with Gasteiger partial charge in [0.2, 0.25) is 0 Å². The highest BCUT2D eigenvalue weighted by Gasteiger charge is 2.36. The molecule has 0 saturated carbocycles. The lowest BCUT2D eigenvalue weighted by molar-refractivity contribution is -0.122. The second-order valence-electron chi connectivity index (χ2n) is 7.83. The minimum atomic E-state index is -0.791. The second-order valence-corrected chi connectivity index (χ2v) is 8.69. The van der Waals surface area contributed by atoms with Gasteiger partial charge >= 0.3 is 6.03 Å². The molecule has 0 spiro atoms. The number of hydrogen-bond acceptors (Lipinski definition) is 4. The molecule has 34 heavy (non-hydrogen) atoms. The molecule has 172 valence electrons. The normalized spacial score (nSPS) is 15.0. The topological polar surface area (TPSA) is 75.7 Å². The molecule has 8 heteroatoms. The molecule has 3 aromatic rings. The number of aryl methyl sites for hydroxylation is 2. The molecule has 0 bridgehead atoms. The van der Waals surface area contributed by atoms with Gasteiger partial charge in [-0.1, -0.05) is 24.3 Å². The van der Waals surface area contributed by atoms with Crippen LogP contribution in [0.3, 0.4) is 0 Å². The van der Waals surface area contributed by atoms with Crippen molar-refractivity contribution in [3.05, 3.63) is 98.8 Å². The van der Waals surface area contributed by atoms with Gasteiger partial charge in [0.25, 0.3) is 11.8 Å². The average molecular weight is 523 g/mol. The van der Waals surface area contributed by atoms with Crippen LogP contribution in [-0.2, 0) is 16.2 Å². The van der Waals surface area contributed by atoms with E-state index in [1.54, 1.807) is 42.5 Å². The van der Waals surface area contributed by atoms with Gasteiger partial charge in [-0.15, -0.1) is 0 Å². The molecule has 0 atom stereocenters. The van der Waals surface area contributed by atoms with E-state index in [1.165, 1.54) is 18.2 Å². The molecule has 0 unspecified atom stereocenters. The average Bonchev–Trinajstić information content (AvgIpc) is 2.79. The number of rotatable bonds is 5. The van der Waals surface area contributed by atoms with Crippen LogP contribution >= 0.6 is 15.9 Å². The Kier molecular flexibility index (Phi) is 6.61. The van der Waals surface area contributed by atoms with E-state index >= 15 is 0 Å². The van der Waals surface area contributed by atoms with Gasteiger partial charge in [0.1, 0.15) is 23.7 Å². The van der Waals surface area contributed by atoms with Crippen LogP contribution in [0, 0.1) is 19.7 Å². The highest BCUT2D eigenvalue weighted by atomic mass is 79.9. The number of anilines is 1. The van der Waals surface area contributed by atoms with Gasteiger partial charge in [-0.05, 0) is 94.5 Å². The van der Waals surface area contributed by atoms with E-state index in [1.807, 2.05) is 19.9 Å². The van der Waals surface area contributed by atoms with Crippen molar-refractivity contribution in [1.82, 2.24) is 5.32 Å². The highest BCUT2D eigenvalue weighted by molar-refractivity contribution is 9.10. The molecule has 4 rings (SSSR count). The van der Waals surface area contributed by atoms with E-state index < -0.39 is 17.8 Å². The molecule has 1 saturated heterocycles. The summed E-state index contributed by atoms with van der Waals surface area (Å²) in [5.41, 5.74) is 3.53. The highest BCUT2D eigenvalue weighted by Crippen LogP contribution is 2.29. The number of imide groups is 2. The van der Waals surface area contributed by atoms with E-state index in [0.717, 1.165) is 21.6 Å². The minimum absolute atomic E-state index is 0.162. The number of carbonyl (C=O) groups excluding carboxylic acids is 3. The summed E-state index contributed by atoms with van der Waals surface area (Å²) < 4.78 is 19.4. The number of halogens is 2. The molecule has 1 fully saturated rings. The Morgan fingerprint density at radius 2 is 1.71 bits per heavy atom. The molecular weight excluding hydrogens is 503 g/mol. The summed E-state index contributed by atoms with van der Waals surface area (Å²) in [5.74, 6) is -1.24. The first-order chi connectivity index (χ1) is 16.2. The molecule has 6 nitrogen and oxygen atoms in total. The fourth-order valence-electron chi connectivity index (χ4n) is 3.39. The Hall–Kier alpha value is -3.78. The molecule has 4 amide bonds. The molecule has 1 heterocycles. The van der Waals surface area contributed by atoms with Gasteiger partial charge in [-0.25, -0.2) is 14.1 Å². The quantitative estimate of drug-likeness (QED) is 0.357. The number of benzene rings is 3. The van der Waals surface area contributed by atoms with Crippen molar-refractivity contribution in [2.24, 2.45) is 0 Å². The number of nitrogens with one attached hydrogen (secondary N) is 1. The largest absolute Gasteiger partial charge is 0.488 e. The number of barbiturate groups is 1. The van der Waals surface area contributed by atoms with E-state index in [0.29, 0.717) is 21.5 Å². The molecule has 0 radical (unpaired) electrons. The lowest BCUT2D eigenvalue weighted by atomic mass is 10.1. The number of amides is 4. The molecule has 0 aromatic heterocycles. The Bertz CT molecular complexity index is 1340. The predicted molar refractivity (Wildman–Crippen MR) is 130 cm³/mol. The monoisotopic (exact) mass is 522 g/mol. The Morgan fingerprint density at radius 3 is 2.38 bits per heavy atom. The summed E-state index contributed by atoms with van der Waals surface area (Å²) in [6.45, 7) is 4.05. The SMILES string of the molecule is Cc1ccc(N2C(=O)NC(=O)/C(=C\c3ccc(OCc4ccc(F)cc4)c(Br)c3)C2=O)cc1C. The zero-order valence-electron chi connectivity index (χ0n) is 18.4. The summed E-state index contributed by atoms with van der Waals surface area (Å²) >= 11 is 3.44. The maximum Gasteiger partial charge on any atom is 0.335 e.